The Kier molecular flexibility index (Phi) is 8.97. The summed E-state index contributed by atoms with van der Waals surface area (Å²) >= 11 is 0. The fourth-order valence-corrected chi connectivity index (χ4v) is 5.06. The highest BCUT2D eigenvalue weighted by molar-refractivity contribution is 5.99. The zero-order valence-corrected chi connectivity index (χ0v) is 23.9. The summed E-state index contributed by atoms with van der Waals surface area (Å²) in [6.45, 7) is 32.6. The number of nitrogens with zero attached hydrogens (tertiary/aromatic N) is 3. The lowest BCUT2D eigenvalue weighted by molar-refractivity contribution is -0.115. The number of carbonyl (C=O) groups is 1. The molecule has 0 radical (unpaired) electrons. The van der Waals surface area contributed by atoms with Crippen LogP contribution in [0.3, 0.4) is 0 Å². The Morgan fingerprint density at radius 3 is 2.29 bits per heavy atom. The van der Waals surface area contributed by atoms with Gasteiger partial charge in [-0.2, -0.15) is 0 Å². The van der Waals surface area contributed by atoms with Crippen LogP contribution >= 0.6 is 0 Å². The van der Waals surface area contributed by atoms with E-state index in [9.17, 15) is 4.79 Å². The van der Waals surface area contributed by atoms with E-state index in [-0.39, 0.29) is 16.7 Å². The highest BCUT2D eigenvalue weighted by Crippen LogP contribution is 2.33. The number of piperazine rings is 1. The van der Waals surface area contributed by atoms with Gasteiger partial charge in [0.15, 0.2) is 5.78 Å². The molecule has 4 nitrogen and oxygen atoms in total. The summed E-state index contributed by atoms with van der Waals surface area (Å²) in [4.78, 5) is 22.3. The number of aromatic nitrogens is 1. The lowest BCUT2D eigenvalue weighted by Crippen LogP contribution is -2.57. The Bertz CT molecular complexity index is 1050. The molecule has 1 aromatic heterocycles. The molecular formula is C31H47N3O. The third-order valence-electron chi connectivity index (χ3n) is 7.43. The van der Waals surface area contributed by atoms with E-state index >= 15 is 0 Å². The quantitative estimate of drug-likeness (QED) is 0.278. The maximum atomic E-state index is 12.5. The third-order valence-corrected chi connectivity index (χ3v) is 7.43. The van der Waals surface area contributed by atoms with Gasteiger partial charge in [0.1, 0.15) is 0 Å². The van der Waals surface area contributed by atoms with Gasteiger partial charge in [0.25, 0.3) is 0 Å². The molecule has 0 bridgehead atoms. The number of rotatable bonds is 9. The van der Waals surface area contributed by atoms with Crippen molar-refractivity contribution >= 4 is 11.5 Å². The summed E-state index contributed by atoms with van der Waals surface area (Å²) in [5, 5.41) is 0. The van der Waals surface area contributed by atoms with E-state index in [1.807, 2.05) is 27.7 Å². The van der Waals surface area contributed by atoms with Crippen molar-refractivity contribution in [2.24, 2.45) is 0 Å². The first-order chi connectivity index (χ1) is 16.2. The molecule has 1 aliphatic rings. The van der Waals surface area contributed by atoms with Gasteiger partial charge in [-0.05, 0) is 71.2 Å². The van der Waals surface area contributed by atoms with E-state index in [0.29, 0.717) is 6.42 Å². The maximum absolute atomic E-state index is 12.5. The summed E-state index contributed by atoms with van der Waals surface area (Å²) < 4.78 is 0. The summed E-state index contributed by atoms with van der Waals surface area (Å²) in [5.74, 6) is 0.184. The standard InChI is InChI=1S/C31H47N3O/c1-13-27(35)28(21(3)4)23(6)19-24(7)33-17-18-34(31(11,12)20-33)25(8)26-16-15-22(5)29(32-26)30(9,10)14-2/h15-16,19H,7-8,13-14,17-18,20H2,1-6,9-12H3/b23-19-. The second-order valence-electron chi connectivity index (χ2n) is 11.4. The fourth-order valence-electron chi connectivity index (χ4n) is 5.06. The molecular weight excluding hydrogens is 430 g/mol. The molecule has 0 saturated carbocycles. The monoisotopic (exact) mass is 477 g/mol. The first-order valence-electron chi connectivity index (χ1n) is 12.9. The van der Waals surface area contributed by atoms with E-state index in [2.05, 4.69) is 82.7 Å². The van der Waals surface area contributed by atoms with Gasteiger partial charge in [0.05, 0.1) is 16.9 Å². The van der Waals surface area contributed by atoms with E-state index in [1.54, 1.807) is 0 Å². The minimum absolute atomic E-state index is 0.0276. The normalized spacial score (nSPS) is 16.2. The maximum Gasteiger partial charge on any atom is 0.162 e. The first-order valence-corrected chi connectivity index (χ1v) is 12.9. The van der Waals surface area contributed by atoms with E-state index in [1.165, 1.54) is 5.56 Å². The topological polar surface area (TPSA) is 36.4 Å². The van der Waals surface area contributed by atoms with Gasteiger partial charge in [0, 0.05) is 48.4 Å². The number of ketones is 1. The summed E-state index contributed by atoms with van der Waals surface area (Å²) in [7, 11) is 0. The molecule has 1 aliphatic heterocycles. The molecule has 1 fully saturated rings. The Hall–Kier alpha value is -2.62. The second kappa shape index (κ2) is 11.0. The van der Waals surface area contributed by atoms with Crippen molar-refractivity contribution in [1.82, 2.24) is 14.8 Å². The molecule has 192 valence electrons. The molecule has 2 rings (SSSR count). The van der Waals surface area contributed by atoms with Crippen LogP contribution in [-0.2, 0) is 10.2 Å². The minimum atomic E-state index is -0.147. The van der Waals surface area contributed by atoms with Crippen molar-refractivity contribution in [1.29, 1.82) is 0 Å². The average Bonchev–Trinajstić information content (AvgIpc) is 2.77. The van der Waals surface area contributed by atoms with Crippen molar-refractivity contribution in [3.8, 4) is 0 Å². The van der Waals surface area contributed by atoms with Crippen LogP contribution in [0.2, 0.25) is 0 Å². The minimum Gasteiger partial charge on any atom is -0.368 e. The Morgan fingerprint density at radius 1 is 1.14 bits per heavy atom. The van der Waals surface area contributed by atoms with Crippen LogP contribution in [0.4, 0.5) is 0 Å². The second-order valence-corrected chi connectivity index (χ2v) is 11.4. The predicted molar refractivity (Wildman–Crippen MR) is 150 cm³/mol. The molecule has 0 atom stereocenters. The predicted octanol–water partition coefficient (Wildman–Crippen LogP) is 7.22. The van der Waals surface area contributed by atoms with Crippen LogP contribution in [0.25, 0.3) is 5.70 Å². The van der Waals surface area contributed by atoms with Crippen LogP contribution in [0, 0.1) is 6.92 Å². The van der Waals surface area contributed by atoms with Gasteiger partial charge in [-0.3, -0.25) is 9.78 Å². The number of carbonyl (C=O) groups excluding carboxylic acids is 1. The Labute approximate surface area is 214 Å². The van der Waals surface area contributed by atoms with E-state index in [4.69, 9.17) is 4.98 Å². The molecule has 1 saturated heterocycles. The lowest BCUT2D eigenvalue weighted by Gasteiger charge is -2.50. The van der Waals surface area contributed by atoms with E-state index in [0.717, 1.165) is 65.6 Å². The van der Waals surface area contributed by atoms with Crippen LogP contribution in [0.5, 0.6) is 0 Å². The van der Waals surface area contributed by atoms with Gasteiger partial charge in [-0.1, -0.05) is 52.5 Å². The van der Waals surface area contributed by atoms with Gasteiger partial charge >= 0.3 is 0 Å². The summed E-state index contributed by atoms with van der Waals surface area (Å²) in [5.41, 5.74) is 8.01. The number of aryl methyl sites for hydroxylation is 1. The number of Topliss-reactive ketones (excluding diaryl/α,β-unsaturated/α-hetero) is 1. The molecule has 0 spiro atoms. The Morgan fingerprint density at radius 2 is 1.77 bits per heavy atom. The van der Waals surface area contributed by atoms with Crippen LogP contribution in [0.15, 0.2) is 53.8 Å². The van der Waals surface area contributed by atoms with Crippen LogP contribution in [-0.4, -0.2) is 45.7 Å². The molecule has 0 aliphatic carbocycles. The number of hydrogen-bond acceptors (Lipinski definition) is 4. The van der Waals surface area contributed by atoms with Gasteiger partial charge in [0.2, 0.25) is 0 Å². The third kappa shape index (κ3) is 6.34. The van der Waals surface area contributed by atoms with Crippen molar-refractivity contribution in [3.63, 3.8) is 0 Å². The van der Waals surface area contributed by atoms with Crippen molar-refractivity contribution in [2.45, 2.75) is 93.0 Å². The fraction of sp³-hybridized carbons (Fsp3) is 0.548. The first kappa shape index (κ1) is 28.6. The van der Waals surface area contributed by atoms with Crippen LogP contribution < -0.4 is 0 Å². The largest absolute Gasteiger partial charge is 0.368 e. The molecule has 35 heavy (non-hydrogen) atoms. The molecule has 0 N–H and O–H groups in total. The summed E-state index contributed by atoms with van der Waals surface area (Å²) in [6, 6.07) is 4.28. The zero-order chi connectivity index (χ0) is 26.7. The number of hydrogen-bond donors (Lipinski definition) is 0. The van der Waals surface area contributed by atoms with Gasteiger partial charge in [-0.25, -0.2) is 0 Å². The summed E-state index contributed by atoms with van der Waals surface area (Å²) in [6.07, 6.45) is 3.61. The highest BCUT2D eigenvalue weighted by atomic mass is 16.1. The highest BCUT2D eigenvalue weighted by Gasteiger charge is 2.35. The van der Waals surface area contributed by atoms with Crippen molar-refractivity contribution in [2.75, 3.05) is 19.6 Å². The average molecular weight is 478 g/mol. The molecule has 2 heterocycles. The molecule has 0 aromatic carbocycles. The molecule has 0 amide bonds. The number of allylic oxidation sites excluding steroid dienone is 4. The lowest BCUT2D eigenvalue weighted by atomic mass is 9.83. The SMILES string of the molecule is C=C(/C=C(/C)C(C(=O)CC)=C(C)C)N1CCN(C(=C)c2ccc(C)c(C(C)(C)CC)n2)C(C)(C)C1. The molecule has 0 unspecified atom stereocenters. The van der Waals surface area contributed by atoms with E-state index < -0.39 is 0 Å². The Balaban J connectivity index is 2.26. The van der Waals surface area contributed by atoms with Gasteiger partial charge in [-0.15, -0.1) is 0 Å². The van der Waals surface area contributed by atoms with Gasteiger partial charge < -0.3 is 9.80 Å². The number of pyridine rings is 1. The smallest absolute Gasteiger partial charge is 0.162 e. The zero-order valence-electron chi connectivity index (χ0n) is 23.9. The van der Waals surface area contributed by atoms with Crippen molar-refractivity contribution in [3.05, 3.63) is 70.7 Å². The van der Waals surface area contributed by atoms with Crippen LogP contribution in [0.1, 0.15) is 92.1 Å². The van der Waals surface area contributed by atoms with Crippen molar-refractivity contribution < 1.29 is 4.79 Å². The molecule has 4 heteroatoms. The molecule has 1 aromatic rings.